The van der Waals surface area contributed by atoms with Crippen molar-refractivity contribution in [1.82, 2.24) is 5.32 Å². The maximum Gasteiger partial charge on any atom is 0.224 e. The van der Waals surface area contributed by atoms with Crippen molar-refractivity contribution in [3.63, 3.8) is 0 Å². The molecule has 0 saturated carbocycles. The first-order valence-corrected chi connectivity index (χ1v) is 8.98. The lowest BCUT2D eigenvalue weighted by Crippen LogP contribution is -2.27. The molecule has 2 aromatic carbocycles. The molecule has 3 rings (SSSR count). The van der Waals surface area contributed by atoms with Crippen molar-refractivity contribution in [1.29, 1.82) is 0 Å². The maximum atomic E-state index is 12.1. The molecule has 132 valence electrons. The van der Waals surface area contributed by atoms with Crippen molar-refractivity contribution in [2.75, 3.05) is 31.6 Å². The number of nitrogens with one attached hydrogen (secondary N) is 1. The van der Waals surface area contributed by atoms with Crippen LogP contribution in [0, 0.1) is 0 Å². The van der Waals surface area contributed by atoms with Crippen LogP contribution in [0.2, 0.25) is 0 Å². The maximum absolute atomic E-state index is 12.1. The fraction of sp³-hybridized carbons (Fsp3) is 0.381. The zero-order valence-corrected chi connectivity index (χ0v) is 14.8. The Morgan fingerprint density at radius 1 is 1.08 bits per heavy atom. The topological polar surface area (TPSA) is 41.6 Å². The Morgan fingerprint density at radius 3 is 2.56 bits per heavy atom. The van der Waals surface area contributed by atoms with Crippen LogP contribution >= 0.6 is 0 Å². The summed E-state index contributed by atoms with van der Waals surface area (Å²) in [7, 11) is 1.66. The lowest BCUT2D eigenvalue weighted by molar-refractivity contribution is -0.120. The van der Waals surface area contributed by atoms with Crippen LogP contribution in [0.25, 0.3) is 0 Å². The SMILES string of the molecule is COc1cccc(CCNC(=O)Cc2ccc(N3CCCC3)cc2)c1. The van der Waals surface area contributed by atoms with E-state index in [1.807, 2.05) is 24.3 Å². The Morgan fingerprint density at radius 2 is 1.84 bits per heavy atom. The quantitative estimate of drug-likeness (QED) is 0.843. The first-order chi connectivity index (χ1) is 12.2. The van der Waals surface area contributed by atoms with Gasteiger partial charge >= 0.3 is 0 Å². The predicted octanol–water partition coefficient (Wildman–Crippen LogP) is 3.20. The largest absolute Gasteiger partial charge is 0.497 e. The molecule has 4 heteroatoms. The number of amides is 1. The second kappa shape index (κ2) is 8.56. The molecule has 0 spiro atoms. The fourth-order valence-corrected chi connectivity index (χ4v) is 3.22. The number of hydrogen-bond acceptors (Lipinski definition) is 3. The highest BCUT2D eigenvalue weighted by molar-refractivity contribution is 5.78. The Kier molecular flexibility index (Phi) is 5.94. The van der Waals surface area contributed by atoms with Gasteiger partial charge in [-0.2, -0.15) is 0 Å². The molecule has 1 aliphatic heterocycles. The van der Waals surface area contributed by atoms with E-state index in [1.165, 1.54) is 18.5 Å². The van der Waals surface area contributed by atoms with Gasteiger partial charge in [0.2, 0.25) is 5.91 Å². The van der Waals surface area contributed by atoms with E-state index in [1.54, 1.807) is 7.11 Å². The van der Waals surface area contributed by atoms with Crippen molar-refractivity contribution >= 4 is 11.6 Å². The molecular formula is C21H26N2O2. The molecule has 1 N–H and O–H groups in total. The minimum atomic E-state index is 0.0665. The number of benzene rings is 2. The Labute approximate surface area is 149 Å². The van der Waals surface area contributed by atoms with Gasteiger partial charge in [-0.15, -0.1) is 0 Å². The van der Waals surface area contributed by atoms with E-state index in [-0.39, 0.29) is 5.91 Å². The van der Waals surface area contributed by atoms with E-state index in [9.17, 15) is 4.79 Å². The van der Waals surface area contributed by atoms with Gasteiger partial charge in [0.1, 0.15) is 5.75 Å². The number of rotatable bonds is 7. The van der Waals surface area contributed by atoms with E-state index in [0.717, 1.165) is 36.4 Å². The Balaban J connectivity index is 1.44. The third kappa shape index (κ3) is 4.99. The van der Waals surface area contributed by atoms with Gasteiger partial charge in [-0.3, -0.25) is 4.79 Å². The minimum Gasteiger partial charge on any atom is -0.497 e. The number of anilines is 1. The summed E-state index contributed by atoms with van der Waals surface area (Å²) < 4.78 is 5.22. The number of methoxy groups -OCH3 is 1. The van der Waals surface area contributed by atoms with Crippen LogP contribution in [-0.2, 0) is 17.6 Å². The normalized spacial score (nSPS) is 13.7. The van der Waals surface area contributed by atoms with Crippen molar-refractivity contribution in [3.8, 4) is 5.75 Å². The average Bonchev–Trinajstić information content (AvgIpc) is 3.17. The third-order valence-electron chi connectivity index (χ3n) is 4.64. The summed E-state index contributed by atoms with van der Waals surface area (Å²) in [5, 5.41) is 3.00. The van der Waals surface area contributed by atoms with Gasteiger partial charge in [-0.25, -0.2) is 0 Å². The van der Waals surface area contributed by atoms with E-state index in [0.29, 0.717) is 13.0 Å². The van der Waals surface area contributed by atoms with Gasteiger partial charge in [0.25, 0.3) is 0 Å². The van der Waals surface area contributed by atoms with Crippen molar-refractivity contribution in [2.24, 2.45) is 0 Å². The predicted molar refractivity (Wildman–Crippen MR) is 101 cm³/mol. The van der Waals surface area contributed by atoms with Gasteiger partial charge in [-0.05, 0) is 54.7 Å². The lowest BCUT2D eigenvalue weighted by Gasteiger charge is -2.17. The second-order valence-electron chi connectivity index (χ2n) is 6.49. The summed E-state index contributed by atoms with van der Waals surface area (Å²) in [4.78, 5) is 14.5. The second-order valence-corrected chi connectivity index (χ2v) is 6.49. The van der Waals surface area contributed by atoms with Crippen molar-refractivity contribution < 1.29 is 9.53 Å². The monoisotopic (exact) mass is 338 g/mol. The lowest BCUT2D eigenvalue weighted by atomic mass is 10.1. The van der Waals surface area contributed by atoms with E-state index in [4.69, 9.17) is 4.74 Å². The molecule has 0 aromatic heterocycles. The summed E-state index contributed by atoms with van der Waals surface area (Å²) in [6.45, 7) is 2.92. The molecule has 1 saturated heterocycles. The minimum absolute atomic E-state index is 0.0665. The van der Waals surface area contributed by atoms with Gasteiger partial charge in [0.05, 0.1) is 13.5 Å². The number of hydrogen-bond donors (Lipinski definition) is 1. The highest BCUT2D eigenvalue weighted by Crippen LogP contribution is 2.20. The molecule has 0 bridgehead atoms. The molecule has 1 aliphatic rings. The number of nitrogens with zero attached hydrogens (tertiary/aromatic N) is 1. The number of carbonyl (C=O) groups excluding carboxylic acids is 1. The van der Waals surface area contributed by atoms with Crippen LogP contribution in [0.3, 0.4) is 0 Å². The van der Waals surface area contributed by atoms with E-state index < -0.39 is 0 Å². The number of ether oxygens (including phenoxy) is 1. The molecule has 1 amide bonds. The van der Waals surface area contributed by atoms with Gasteiger partial charge in [-0.1, -0.05) is 24.3 Å². The first-order valence-electron chi connectivity index (χ1n) is 8.98. The van der Waals surface area contributed by atoms with Crippen molar-refractivity contribution in [3.05, 3.63) is 59.7 Å². The first kappa shape index (κ1) is 17.3. The fourth-order valence-electron chi connectivity index (χ4n) is 3.22. The van der Waals surface area contributed by atoms with Gasteiger partial charge in [0.15, 0.2) is 0 Å². The molecular weight excluding hydrogens is 312 g/mol. The van der Waals surface area contributed by atoms with Gasteiger partial charge in [0, 0.05) is 25.3 Å². The van der Waals surface area contributed by atoms with E-state index >= 15 is 0 Å². The van der Waals surface area contributed by atoms with Crippen LogP contribution in [0.5, 0.6) is 5.75 Å². The zero-order chi connectivity index (χ0) is 17.5. The highest BCUT2D eigenvalue weighted by atomic mass is 16.5. The molecule has 2 aromatic rings. The summed E-state index contributed by atoms with van der Waals surface area (Å²) >= 11 is 0. The van der Waals surface area contributed by atoms with Crippen LogP contribution in [0.15, 0.2) is 48.5 Å². The third-order valence-corrected chi connectivity index (χ3v) is 4.64. The smallest absolute Gasteiger partial charge is 0.224 e. The molecule has 1 fully saturated rings. The molecule has 0 aliphatic carbocycles. The molecule has 25 heavy (non-hydrogen) atoms. The van der Waals surface area contributed by atoms with Crippen LogP contribution in [-0.4, -0.2) is 32.7 Å². The highest BCUT2D eigenvalue weighted by Gasteiger charge is 2.12. The standard InChI is InChI=1S/C21H26N2O2/c1-25-20-6-4-5-17(15-20)11-12-22-21(24)16-18-7-9-19(10-8-18)23-13-2-3-14-23/h4-10,15H,2-3,11-14,16H2,1H3,(H,22,24). The molecule has 1 heterocycles. The van der Waals surface area contributed by atoms with E-state index in [2.05, 4.69) is 34.5 Å². The van der Waals surface area contributed by atoms with Crippen LogP contribution in [0.4, 0.5) is 5.69 Å². The molecule has 0 atom stereocenters. The molecule has 0 radical (unpaired) electrons. The summed E-state index contributed by atoms with van der Waals surface area (Å²) in [5.41, 5.74) is 3.48. The summed E-state index contributed by atoms with van der Waals surface area (Å²) in [6, 6.07) is 16.3. The Bertz CT molecular complexity index is 691. The summed E-state index contributed by atoms with van der Waals surface area (Å²) in [6.07, 6.45) is 3.78. The number of carbonyl (C=O) groups is 1. The molecule has 0 unspecified atom stereocenters. The average molecular weight is 338 g/mol. The van der Waals surface area contributed by atoms with Crippen molar-refractivity contribution in [2.45, 2.75) is 25.7 Å². The van der Waals surface area contributed by atoms with Gasteiger partial charge < -0.3 is 15.0 Å². The van der Waals surface area contributed by atoms with Crippen LogP contribution in [0.1, 0.15) is 24.0 Å². The van der Waals surface area contributed by atoms with Crippen LogP contribution < -0.4 is 15.0 Å². The molecule has 4 nitrogen and oxygen atoms in total. The Hall–Kier alpha value is -2.49. The summed E-state index contributed by atoms with van der Waals surface area (Å²) in [5.74, 6) is 0.915. The zero-order valence-electron chi connectivity index (χ0n) is 14.8.